The summed E-state index contributed by atoms with van der Waals surface area (Å²) < 4.78 is 10.6. The lowest BCUT2D eigenvalue weighted by atomic mass is 10.2. The minimum absolute atomic E-state index is 0.778. The number of hydrogen-bond donors (Lipinski definition) is 1. The van der Waals surface area contributed by atoms with Crippen molar-refractivity contribution in [2.24, 2.45) is 0 Å². The third-order valence-corrected chi connectivity index (χ3v) is 2.83. The zero-order valence-corrected chi connectivity index (χ0v) is 10.5. The zero-order chi connectivity index (χ0) is 12.3. The van der Waals surface area contributed by atoms with E-state index in [1.54, 1.807) is 14.2 Å². The van der Waals surface area contributed by atoms with Crippen molar-refractivity contribution in [3.63, 3.8) is 0 Å². The maximum Gasteiger partial charge on any atom is 0.146 e. The molecule has 0 bridgehead atoms. The second-order valence-electron chi connectivity index (χ2n) is 3.98. The Bertz CT molecular complexity index is 464. The van der Waals surface area contributed by atoms with Gasteiger partial charge in [-0.2, -0.15) is 0 Å². The largest absolute Gasteiger partial charge is 0.494 e. The summed E-state index contributed by atoms with van der Waals surface area (Å²) >= 11 is 0. The topological polar surface area (TPSA) is 47.1 Å². The van der Waals surface area contributed by atoms with Crippen LogP contribution in [0.2, 0.25) is 0 Å². The number of aromatic amines is 1. The fraction of sp³-hybridized carbons (Fsp3) is 0.462. The van der Waals surface area contributed by atoms with Gasteiger partial charge in [-0.25, -0.2) is 4.98 Å². The minimum atomic E-state index is 0.778. The van der Waals surface area contributed by atoms with Crippen LogP contribution in [0.4, 0.5) is 0 Å². The van der Waals surface area contributed by atoms with Crippen LogP contribution in [0.15, 0.2) is 12.1 Å². The van der Waals surface area contributed by atoms with Gasteiger partial charge in [0.2, 0.25) is 0 Å². The van der Waals surface area contributed by atoms with Crippen molar-refractivity contribution in [1.82, 2.24) is 9.97 Å². The standard InChI is InChI=1S/C13H18N2O2/c1-4-5-6-11-14-12-9(16-2)7-8-10(17-3)13(12)15-11/h7-8H,4-6H2,1-3H3,(H,14,15). The van der Waals surface area contributed by atoms with Crippen LogP contribution in [0.5, 0.6) is 11.5 Å². The quantitative estimate of drug-likeness (QED) is 0.865. The molecule has 0 aliphatic rings. The first-order valence-corrected chi connectivity index (χ1v) is 5.89. The molecule has 92 valence electrons. The summed E-state index contributed by atoms with van der Waals surface area (Å²) in [6.07, 6.45) is 3.24. The van der Waals surface area contributed by atoms with Crippen molar-refractivity contribution in [3.05, 3.63) is 18.0 Å². The van der Waals surface area contributed by atoms with Crippen molar-refractivity contribution in [2.45, 2.75) is 26.2 Å². The maximum atomic E-state index is 5.32. The third-order valence-electron chi connectivity index (χ3n) is 2.83. The highest BCUT2D eigenvalue weighted by molar-refractivity contribution is 5.87. The number of nitrogens with one attached hydrogen (secondary N) is 1. The van der Waals surface area contributed by atoms with Crippen LogP contribution in [-0.2, 0) is 6.42 Å². The molecule has 4 heteroatoms. The fourth-order valence-electron chi connectivity index (χ4n) is 1.89. The van der Waals surface area contributed by atoms with E-state index in [0.29, 0.717) is 0 Å². The van der Waals surface area contributed by atoms with Crippen LogP contribution < -0.4 is 9.47 Å². The number of aromatic nitrogens is 2. The molecule has 0 amide bonds. The third kappa shape index (κ3) is 2.20. The van der Waals surface area contributed by atoms with Gasteiger partial charge in [-0.1, -0.05) is 13.3 Å². The van der Waals surface area contributed by atoms with E-state index in [9.17, 15) is 0 Å². The van der Waals surface area contributed by atoms with E-state index < -0.39 is 0 Å². The Labute approximate surface area is 101 Å². The van der Waals surface area contributed by atoms with Gasteiger partial charge in [-0.05, 0) is 18.6 Å². The Balaban J connectivity index is 2.48. The Morgan fingerprint density at radius 1 is 1.18 bits per heavy atom. The Hall–Kier alpha value is -1.71. The van der Waals surface area contributed by atoms with Gasteiger partial charge in [-0.3, -0.25) is 0 Å². The van der Waals surface area contributed by atoms with E-state index in [1.165, 1.54) is 0 Å². The van der Waals surface area contributed by atoms with Crippen molar-refractivity contribution in [1.29, 1.82) is 0 Å². The summed E-state index contributed by atoms with van der Waals surface area (Å²) in [7, 11) is 3.31. The molecule has 1 aromatic carbocycles. The highest BCUT2D eigenvalue weighted by atomic mass is 16.5. The SMILES string of the molecule is CCCCc1nc2c(OC)ccc(OC)c2[nH]1. The number of ether oxygens (including phenoxy) is 2. The fourth-order valence-corrected chi connectivity index (χ4v) is 1.89. The average Bonchev–Trinajstić information content (AvgIpc) is 2.78. The van der Waals surface area contributed by atoms with E-state index in [0.717, 1.165) is 47.6 Å². The number of nitrogens with zero attached hydrogens (tertiary/aromatic N) is 1. The molecular formula is C13H18N2O2. The molecule has 0 fully saturated rings. The molecule has 1 N–H and O–H groups in total. The molecule has 0 saturated heterocycles. The summed E-state index contributed by atoms with van der Waals surface area (Å²) in [5.41, 5.74) is 1.76. The Morgan fingerprint density at radius 2 is 1.88 bits per heavy atom. The van der Waals surface area contributed by atoms with Crippen molar-refractivity contribution in [2.75, 3.05) is 14.2 Å². The first-order chi connectivity index (χ1) is 8.30. The molecule has 0 unspecified atom stereocenters. The average molecular weight is 234 g/mol. The van der Waals surface area contributed by atoms with Gasteiger partial charge in [-0.15, -0.1) is 0 Å². The lowest BCUT2D eigenvalue weighted by Gasteiger charge is -2.04. The normalized spacial score (nSPS) is 10.8. The van der Waals surface area contributed by atoms with Crippen molar-refractivity contribution >= 4 is 11.0 Å². The smallest absolute Gasteiger partial charge is 0.146 e. The number of methoxy groups -OCH3 is 2. The van der Waals surface area contributed by atoms with Crippen LogP contribution >= 0.6 is 0 Å². The summed E-state index contributed by atoms with van der Waals surface area (Å²) in [6.45, 7) is 2.17. The van der Waals surface area contributed by atoms with Gasteiger partial charge in [0, 0.05) is 6.42 Å². The predicted octanol–water partition coefficient (Wildman–Crippen LogP) is 2.92. The maximum absolute atomic E-state index is 5.32. The summed E-state index contributed by atoms with van der Waals surface area (Å²) in [4.78, 5) is 7.88. The molecule has 17 heavy (non-hydrogen) atoms. The lowest BCUT2D eigenvalue weighted by Crippen LogP contribution is -1.88. The van der Waals surface area contributed by atoms with E-state index in [4.69, 9.17) is 9.47 Å². The molecule has 1 aromatic heterocycles. The molecule has 0 radical (unpaired) electrons. The van der Waals surface area contributed by atoms with Crippen molar-refractivity contribution < 1.29 is 9.47 Å². The van der Waals surface area contributed by atoms with Gasteiger partial charge in [0.05, 0.1) is 14.2 Å². The van der Waals surface area contributed by atoms with Gasteiger partial charge in [0.15, 0.2) is 0 Å². The number of H-pyrrole nitrogens is 1. The van der Waals surface area contributed by atoms with Gasteiger partial charge < -0.3 is 14.5 Å². The van der Waals surface area contributed by atoms with Gasteiger partial charge in [0.25, 0.3) is 0 Å². The Kier molecular flexibility index (Phi) is 3.52. The van der Waals surface area contributed by atoms with Crippen molar-refractivity contribution in [3.8, 4) is 11.5 Å². The van der Waals surface area contributed by atoms with Crippen LogP contribution in [0.1, 0.15) is 25.6 Å². The summed E-state index contributed by atoms with van der Waals surface area (Å²) in [6, 6.07) is 3.77. The number of fused-ring (bicyclic) bond motifs is 1. The van der Waals surface area contributed by atoms with Crippen LogP contribution in [-0.4, -0.2) is 24.2 Å². The summed E-state index contributed by atoms with van der Waals surface area (Å²) in [5, 5.41) is 0. The molecule has 4 nitrogen and oxygen atoms in total. The second-order valence-corrected chi connectivity index (χ2v) is 3.98. The van der Waals surface area contributed by atoms with Gasteiger partial charge >= 0.3 is 0 Å². The number of rotatable bonds is 5. The molecule has 0 aliphatic carbocycles. The lowest BCUT2D eigenvalue weighted by molar-refractivity contribution is 0.409. The number of benzene rings is 1. The zero-order valence-electron chi connectivity index (χ0n) is 10.5. The van der Waals surface area contributed by atoms with Gasteiger partial charge in [0.1, 0.15) is 28.4 Å². The molecule has 0 aliphatic heterocycles. The molecule has 0 saturated carbocycles. The highest BCUT2D eigenvalue weighted by Gasteiger charge is 2.12. The first kappa shape index (κ1) is 11.8. The second kappa shape index (κ2) is 5.08. The molecular weight excluding hydrogens is 216 g/mol. The molecule has 1 heterocycles. The summed E-state index contributed by atoms with van der Waals surface area (Å²) in [5.74, 6) is 2.57. The highest BCUT2D eigenvalue weighted by Crippen LogP contribution is 2.31. The van der Waals surface area contributed by atoms with E-state index in [1.807, 2.05) is 12.1 Å². The molecule has 2 aromatic rings. The van der Waals surface area contributed by atoms with E-state index >= 15 is 0 Å². The first-order valence-electron chi connectivity index (χ1n) is 5.89. The van der Waals surface area contributed by atoms with Crippen LogP contribution in [0, 0.1) is 0 Å². The van der Waals surface area contributed by atoms with Crippen LogP contribution in [0.25, 0.3) is 11.0 Å². The van der Waals surface area contributed by atoms with E-state index in [2.05, 4.69) is 16.9 Å². The monoisotopic (exact) mass is 234 g/mol. The minimum Gasteiger partial charge on any atom is -0.494 e. The van der Waals surface area contributed by atoms with E-state index in [-0.39, 0.29) is 0 Å². The number of imidazole rings is 1. The number of aryl methyl sites for hydroxylation is 1. The molecule has 0 spiro atoms. The number of hydrogen-bond acceptors (Lipinski definition) is 3. The predicted molar refractivity (Wildman–Crippen MR) is 67.8 cm³/mol. The molecule has 0 atom stereocenters. The Morgan fingerprint density at radius 3 is 2.53 bits per heavy atom. The molecule has 2 rings (SSSR count). The number of unbranched alkanes of at least 4 members (excludes halogenated alkanes) is 1. The van der Waals surface area contributed by atoms with Crippen LogP contribution in [0.3, 0.4) is 0 Å².